The number of ether oxygens (including phenoxy) is 1. The van der Waals surface area contributed by atoms with Crippen LogP contribution < -0.4 is 5.32 Å². The van der Waals surface area contributed by atoms with E-state index in [1.54, 1.807) is 23.0 Å². The van der Waals surface area contributed by atoms with Crippen LogP contribution in [0.3, 0.4) is 0 Å². The van der Waals surface area contributed by atoms with Gasteiger partial charge in [-0.05, 0) is 30.5 Å². The van der Waals surface area contributed by atoms with Gasteiger partial charge in [0.2, 0.25) is 5.91 Å². The first-order chi connectivity index (χ1) is 11.2. The maximum absolute atomic E-state index is 13.0. The van der Waals surface area contributed by atoms with Gasteiger partial charge in [0.15, 0.2) is 0 Å². The number of nitrogens with zero attached hydrogens (tertiary/aromatic N) is 3. The predicted molar refractivity (Wildman–Crippen MR) is 80.9 cm³/mol. The molecule has 1 atom stereocenters. The molecule has 1 aliphatic rings. The highest BCUT2D eigenvalue weighted by Gasteiger charge is 2.20. The number of carbonyl (C=O) groups is 1. The summed E-state index contributed by atoms with van der Waals surface area (Å²) in [4.78, 5) is 12.4. The van der Waals surface area contributed by atoms with Crippen LogP contribution in [0, 0.1) is 11.7 Å². The summed E-state index contributed by atoms with van der Waals surface area (Å²) in [6.45, 7) is 1.95. The number of aryl methyl sites for hydroxylation is 1. The SMILES string of the molecule is O=C1NCCOCc2cnnn2CC[C@H]1Cc1ccc(F)cc1. The molecule has 7 heteroatoms. The molecule has 0 unspecified atom stereocenters. The second-order valence-corrected chi connectivity index (χ2v) is 5.61. The van der Waals surface area contributed by atoms with E-state index in [2.05, 4.69) is 15.6 Å². The van der Waals surface area contributed by atoms with Crippen LogP contribution in [0.2, 0.25) is 0 Å². The average molecular weight is 318 g/mol. The molecule has 3 rings (SSSR count). The first-order valence-electron chi connectivity index (χ1n) is 7.69. The van der Waals surface area contributed by atoms with Crippen molar-refractivity contribution in [3.63, 3.8) is 0 Å². The Morgan fingerprint density at radius 2 is 2.17 bits per heavy atom. The van der Waals surface area contributed by atoms with Crippen LogP contribution in [0.4, 0.5) is 4.39 Å². The highest BCUT2D eigenvalue weighted by molar-refractivity contribution is 5.78. The van der Waals surface area contributed by atoms with E-state index in [1.165, 1.54) is 12.1 Å². The van der Waals surface area contributed by atoms with Crippen LogP contribution in [-0.4, -0.2) is 34.1 Å². The van der Waals surface area contributed by atoms with Crippen molar-refractivity contribution < 1.29 is 13.9 Å². The second kappa shape index (κ2) is 7.32. The van der Waals surface area contributed by atoms with Gasteiger partial charge < -0.3 is 10.1 Å². The zero-order valence-corrected chi connectivity index (χ0v) is 12.7. The number of halogens is 1. The molecule has 122 valence electrons. The standard InChI is InChI=1S/C16H19FN4O2/c17-14-3-1-12(2-4-14)9-13-5-7-21-15(10-19-20-21)11-23-8-6-18-16(13)22/h1-4,10,13H,5-9,11H2,(H,18,22)/t13-/m0/s1. The number of rotatable bonds is 2. The molecular formula is C16H19FN4O2. The summed E-state index contributed by atoms with van der Waals surface area (Å²) < 4.78 is 20.3. The number of fused-ring (bicyclic) bond motifs is 1. The third-order valence-corrected chi connectivity index (χ3v) is 3.95. The van der Waals surface area contributed by atoms with E-state index in [0.29, 0.717) is 39.1 Å². The maximum atomic E-state index is 13.0. The van der Waals surface area contributed by atoms with Crippen molar-refractivity contribution in [2.24, 2.45) is 5.92 Å². The Labute approximate surface area is 133 Å². The molecule has 6 nitrogen and oxygen atoms in total. The molecule has 1 aliphatic heterocycles. The van der Waals surface area contributed by atoms with E-state index in [4.69, 9.17) is 4.74 Å². The number of nitrogens with one attached hydrogen (secondary N) is 1. The number of hydrogen-bond acceptors (Lipinski definition) is 4. The lowest BCUT2D eigenvalue weighted by atomic mass is 9.95. The molecule has 1 N–H and O–H groups in total. The van der Waals surface area contributed by atoms with Crippen molar-refractivity contribution in [3.05, 3.63) is 47.5 Å². The van der Waals surface area contributed by atoms with Gasteiger partial charge in [0, 0.05) is 19.0 Å². The largest absolute Gasteiger partial charge is 0.373 e. The van der Waals surface area contributed by atoms with E-state index >= 15 is 0 Å². The minimum absolute atomic E-state index is 0.0125. The molecule has 0 saturated carbocycles. The van der Waals surface area contributed by atoms with Crippen molar-refractivity contribution in [1.29, 1.82) is 0 Å². The quantitative estimate of drug-likeness (QED) is 0.906. The van der Waals surface area contributed by atoms with Crippen LogP contribution in [0.25, 0.3) is 0 Å². The highest BCUT2D eigenvalue weighted by atomic mass is 19.1. The molecule has 0 radical (unpaired) electrons. The third-order valence-electron chi connectivity index (χ3n) is 3.95. The molecule has 0 bridgehead atoms. The molecule has 23 heavy (non-hydrogen) atoms. The molecule has 2 aromatic rings. The zero-order chi connectivity index (χ0) is 16.1. The van der Waals surface area contributed by atoms with E-state index in [1.807, 2.05) is 0 Å². The Morgan fingerprint density at radius 1 is 1.35 bits per heavy atom. The fourth-order valence-electron chi connectivity index (χ4n) is 2.66. The fourth-order valence-corrected chi connectivity index (χ4v) is 2.66. The Bertz CT molecular complexity index is 656. The minimum atomic E-state index is -0.273. The van der Waals surface area contributed by atoms with Gasteiger partial charge in [-0.3, -0.25) is 4.79 Å². The second-order valence-electron chi connectivity index (χ2n) is 5.61. The van der Waals surface area contributed by atoms with Crippen molar-refractivity contribution in [3.8, 4) is 0 Å². The highest BCUT2D eigenvalue weighted by Crippen LogP contribution is 2.16. The van der Waals surface area contributed by atoms with Gasteiger partial charge in [0.25, 0.3) is 0 Å². The van der Waals surface area contributed by atoms with Crippen LogP contribution in [-0.2, 0) is 29.1 Å². The molecular weight excluding hydrogens is 299 g/mol. The average Bonchev–Trinajstić information content (AvgIpc) is 2.99. The normalized spacial score (nSPS) is 19.5. The summed E-state index contributed by atoms with van der Waals surface area (Å²) in [6, 6.07) is 6.28. The Morgan fingerprint density at radius 3 is 3.00 bits per heavy atom. The number of amides is 1. The van der Waals surface area contributed by atoms with Crippen molar-refractivity contribution in [1.82, 2.24) is 20.3 Å². The molecule has 0 spiro atoms. The number of hydrogen-bond donors (Lipinski definition) is 1. The molecule has 1 aromatic heterocycles. The van der Waals surface area contributed by atoms with Crippen LogP contribution in [0.15, 0.2) is 30.5 Å². The van der Waals surface area contributed by atoms with Crippen LogP contribution >= 0.6 is 0 Å². The topological polar surface area (TPSA) is 69.0 Å². The number of benzene rings is 1. The van der Waals surface area contributed by atoms with Gasteiger partial charge in [-0.15, -0.1) is 5.10 Å². The summed E-state index contributed by atoms with van der Waals surface area (Å²) in [7, 11) is 0. The van der Waals surface area contributed by atoms with Crippen molar-refractivity contribution >= 4 is 5.91 Å². The predicted octanol–water partition coefficient (Wildman–Crippen LogP) is 1.31. The zero-order valence-electron chi connectivity index (χ0n) is 12.7. The third kappa shape index (κ3) is 4.13. The van der Waals surface area contributed by atoms with Crippen LogP contribution in [0.5, 0.6) is 0 Å². The monoisotopic (exact) mass is 318 g/mol. The van der Waals surface area contributed by atoms with Gasteiger partial charge in [0.1, 0.15) is 5.82 Å². The number of carbonyl (C=O) groups excluding carboxylic acids is 1. The molecule has 0 saturated heterocycles. The van der Waals surface area contributed by atoms with Crippen LogP contribution in [0.1, 0.15) is 17.7 Å². The van der Waals surface area contributed by atoms with E-state index < -0.39 is 0 Å². The van der Waals surface area contributed by atoms with E-state index in [9.17, 15) is 9.18 Å². The molecule has 0 fully saturated rings. The minimum Gasteiger partial charge on any atom is -0.373 e. The van der Waals surface area contributed by atoms with Crippen molar-refractivity contribution in [2.75, 3.05) is 13.2 Å². The lowest BCUT2D eigenvalue weighted by molar-refractivity contribution is -0.125. The summed E-state index contributed by atoms with van der Waals surface area (Å²) >= 11 is 0. The Balaban J connectivity index is 1.74. The van der Waals surface area contributed by atoms with Gasteiger partial charge in [-0.1, -0.05) is 17.3 Å². The first-order valence-corrected chi connectivity index (χ1v) is 7.69. The smallest absolute Gasteiger partial charge is 0.223 e. The van der Waals surface area contributed by atoms with E-state index in [-0.39, 0.29) is 17.6 Å². The molecule has 2 heterocycles. The van der Waals surface area contributed by atoms with Crippen molar-refractivity contribution in [2.45, 2.75) is 26.0 Å². The first kappa shape index (κ1) is 15.6. The lowest BCUT2D eigenvalue weighted by Gasteiger charge is -2.16. The van der Waals surface area contributed by atoms with Gasteiger partial charge >= 0.3 is 0 Å². The number of aromatic nitrogens is 3. The molecule has 0 aliphatic carbocycles. The van der Waals surface area contributed by atoms with Gasteiger partial charge in [-0.25, -0.2) is 9.07 Å². The summed E-state index contributed by atoms with van der Waals surface area (Å²) in [5.41, 5.74) is 1.84. The summed E-state index contributed by atoms with van der Waals surface area (Å²) in [6.07, 6.45) is 2.89. The molecule has 1 amide bonds. The van der Waals surface area contributed by atoms with E-state index in [0.717, 1.165) is 11.3 Å². The lowest BCUT2D eigenvalue weighted by Crippen LogP contribution is -2.34. The summed E-state index contributed by atoms with van der Waals surface area (Å²) in [5.74, 6) is -0.484. The Kier molecular flexibility index (Phi) is 4.97. The Hall–Kier alpha value is -2.28. The molecule has 1 aromatic carbocycles. The van der Waals surface area contributed by atoms with Gasteiger partial charge in [0.05, 0.1) is 25.1 Å². The van der Waals surface area contributed by atoms with Gasteiger partial charge in [-0.2, -0.15) is 0 Å². The summed E-state index contributed by atoms with van der Waals surface area (Å²) in [5, 5.41) is 10.8. The fraction of sp³-hybridized carbons (Fsp3) is 0.438. The maximum Gasteiger partial charge on any atom is 0.223 e.